The van der Waals surface area contributed by atoms with E-state index >= 15 is 0 Å². The van der Waals surface area contributed by atoms with Gasteiger partial charge < -0.3 is 33.9 Å². The molecule has 2 heterocycles. The highest BCUT2D eigenvalue weighted by Crippen LogP contribution is 2.42. The van der Waals surface area contributed by atoms with Crippen molar-refractivity contribution in [2.75, 3.05) is 60.0 Å². The van der Waals surface area contributed by atoms with Gasteiger partial charge in [0.15, 0.2) is 23.0 Å². The number of ether oxygens (including phenoxy) is 5. The molecule has 1 fully saturated rings. The molecule has 1 aromatic heterocycles. The van der Waals surface area contributed by atoms with Gasteiger partial charge in [-0.3, -0.25) is 4.98 Å². The lowest BCUT2D eigenvalue weighted by atomic mass is 10.1. The fourth-order valence-corrected chi connectivity index (χ4v) is 4.64. The normalized spacial score (nSPS) is 13.6. The van der Waals surface area contributed by atoms with Gasteiger partial charge in [0.1, 0.15) is 6.07 Å². The van der Waals surface area contributed by atoms with Gasteiger partial charge in [-0.05, 0) is 38.4 Å². The molecule has 1 aliphatic rings. The maximum atomic E-state index is 9.81. The van der Waals surface area contributed by atoms with Crippen molar-refractivity contribution in [1.29, 1.82) is 5.26 Å². The fraction of sp³-hybridized carbons (Fsp3) is 0.429. The first-order valence-electron chi connectivity index (χ1n) is 12.4. The van der Waals surface area contributed by atoms with Crippen molar-refractivity contribution in [3.05, 3.63) is 36.0 Å². The number of methoxy groups -OCH3 is 4. The van der Waals surface area contributed by atoms with E-state index < -0.39 is 0 Å². The van der Waals surface area contributed by atoms with Crippen molar-refractivity contribution in [2.24, 2.45) is 0 Å². The van der Waals surface area contributed by atoms with Gasteiger partial charge in [-0.15, -0.1) is 0 Å². The van der Waals surface area contributed by atoms with Crippen molar-refractivity contribution in [3.8, 4) is 34.8 Å². The van der Waals surface area contributed by atoms with E-state index in [-0.39, 0.29) is 0 Å². The quantitative estimate of drug-likeness (QED) is 0.355. The summed E-state index contributed by atoms with van der Waals surface area (Å²) in [7, 11) is 6.28. The minimum absolute atomic E-state index is 0.388. The lowest BCUT2D eigenvalue weighted by molar-refractivity contribution is 0.203. The van der Waals surface area contributed by atoms with Gasteiger partial charge in [-0.2, -0.15) is 5.26 Å². The molecule has 196 valence electrons. The molecule has 0 amide bonds. The number of anilines is 2. The van der Waals surface area contributed by atoms with Crippen LogP contribution >= 0.6 is 0 Å². The highest BCUT2D eigenvalue weighted by Gasteiger charge is 2.18. The third-order valence-electron chi connectivity index (χ3n) is 6.53. The number of hydrogen-bond acceptors (Lipinski definition) is 9. The maximum absolute atomic E-state index is 9.81. The number of piperidine rings is 1. The predicted molar refractivity (Wildman–Crippen MR) is 143 cm³/mol. The summed E-state index contributed by atoms with van der Waals surface area (Å²) in [6, 6.07) is 9.50. The molecule has 2 aromatic carbocycles. The van der Waals surface area contributed by atoms with Crippen LogP contribution in [0.25, 0.3) is 10.9 Å². The number of rotatable bonds is 11. The molecule has 0 spiro atoms. The molecule has 9 heteroatoms. The molecule has 0 radical (unpaired) electrons. The Hall–Kier alpha value is -3.90. The van der Waals surface area contributed by atoms with Crippen LogP contribution in [0.15, 0.2) is 30.5 Å². The average molecular weight is 507 g/mol. The van der Waals surface area contributed by atoms with E-state index in [2.05, 4.69) is 21.3 Å². The summed E-state index contributed by atoms with van der Waals surface area (Å²) in [6.45, 7) is 3.96. The van der Waals surface area contributed by atoms with Gasteiger partial charge >= 0.3 is 0 Å². The van der Waals surface area contributed by atoms with Crippen LogP contribution in [0.4, 0.5) is 11.4 Å². The topological polar surface area (TPSA) is 98.1 Å². The molecule has 1 saturated heterocycles. The van der Waals surface area contributed by atoms with Gasteiger partial charge in [-0.25, -0.2) is 0 Å². The Kier molecular flexibility index (Phi) is 8.75. The number of fused-ring (bicyclic) bond motifs is 1. The SMILES string of the molecule is COc1cc2c(Nc3cc(OC)c(OC)c(OC)c3)c(C#N)cnc2cc1OCCCN1CCCCC1. The van der Waals surface area contributed by atoms with Gasteiger partial charge in [0, 0.05) is 42.0 Å². The fourth-order valence-electron chi connectivity index (χ4n) is 4.64. The lowest BCUT2D eigenvalue weighted by Crippen LogP contribution is -2.31. The summed E-state index contributed by atoms with van der Waals surface area (Å²) >= 11 is 0. The van der Waals surface area contributed by atoms with Gasteiger partial charge in [0.2, 0.25) is 5.75 Å². The second kappa shape index (κ2) is 12.4. The molecule has 0 aliphatic carbocycles. The van der Waals surface area contributed by atoms with E-state index in [0.29, 0.717) is 57.8 Å². The number of nitrogens with one attached hydrogen (secondary N) is 1. The number of pyridine rings is 1. The smallest absolute Gasteiger partial charge is 0.203 e. The van der Waals surface area contributed by atoms with Gasteiger partial charge in [0.25, 0.3) is 0 Å². The third kappa shape index (κ3) is 5.92. The van der Waals surface area contributed by atoms with E-state index in [9.17, 15) is 5.26 Å². The van der Waals surface area contributed by atoms with E-state index in [1.165, 1.54) is 32.4 Å². The van der Waals surface area contributed by atoms with Crippen LogP contribution in [-0.2, 0) is 0 Å². The zero-order valence-electron chi connectivity index (χ0n) is 21.9. The number of aromatic nitrogens is 1. The van der Waals surface area contributed by atoms with Gasteiger partial charge in [0.05, 0.1) is 51.8 Å². The summed E-state index contributed by atoms with van der Waals surface area (Å²) < 4.78 is 28.1. The molecular formula is C28H34N4O5. The second-order valence-electron chi connectivity index (χ2n) is 8.82. The summed E-state index contributed by atoms with van der Waals surface area (Å²) in [4.78, 5) is 7.01. The summed E-state index contributed by atoms with van der Waals surface area (Å²) in [5.74, 6) is 2.69. The Balaban J connectivity index is 1.62. The van der Waals surface area contributed by atoms with Crippen LogP contribution in [0.1, 0.15) is 31.2 Å². The Labute approximate surface area is 217 Å². The summed E-state index contributed by atoms with van der Waals surface area (Å²) in [5.41, 5.74) is 2.33. The standard InChI is InChI=1S/C28H34N4O5/c1-33-23-15-21-22(16-24(23)37-12-8-11-32-9-6-5-7-10-32)30-18-19(17-29)27(21)31-20-13-25(34-2)28(36-4)26(14-20)35-3/h13-16,18H,5-12H2,1-4H3,(H,30,31). The zero-order chi connectivity index (χ0) is 26.2. The monoisotopic (exact) mass is 506 g/mol. The van der Waals surface area contributed by atoms with E-state index in [1.54, 1.807) is 46.8 Å². The predicted octanol–water partition coefficient (Wildman–Crippen LogP) is 5.14. The maximum Gasteiger partial charge on any atom is 0.203 e. The highest BCUT2D eigenvalue weighted by atomic mass is 16.5. The Morgan fingerprint density at radius 1 is 0.892 bits per heavy atom. The third-order valence-corrected chi connectivity index (χ3v) is 6.53. The van der Waals surface area contributed by atoms with Crippen molar-refractivity contribution in [2.45, 2.75) is 25.7 Å². The first kappa shape index (κ1) is 26.2. The van der Waals surface area contributed by atoms with Crippen LogP contribution in [0, 0.1) is 11.3 Å². The van der Waals surface area contributed by atoms with Crippen LogP contribution in [0.3, 0.4) is 0 Å². The molecule has 3 aromatic rings. The zero-order valence-corrected chi connectivity index (χ0v) is 21.9. The number of benzene rings is 2. The minimum Gasteiger partial charge on any atom is -0.493 e. The molecule has 1 N–H and O–H groups in total. The molecule has 9 nitrogen and oxygen atoms in total. The van der Waals surface area contributed by atoms with Crippen LogP contribution in [-0.4, -0.2) is 64.6 Å². The first-order chi connectivity index (χ1) is 18.1. The summed E-state index contributed by atoms with van der Waals surface area (Å²) in [5, 5.41) is 13.9. The van der Waals surface area contributed by atoms with Crippen LogP contribution < -0.4 is 29.0 Å². The minimum atomic E-state index is 0.388. The second-order valence-corrected chi connectivity index (χ2v) is 8.82. The highest BCUT2D eigenvalue weighted by molar-refractivity contribution is 5.97. The molecule has 0 unspecified atom stereocenters. The molecular weight excluding hydrogens is 472 g/mol. The van der Waals surface area contributed by atoms with Gasteiger partial charge in [-0.1, -0.05) is 6.42 Å². The molecule has 0 bridgehead atoms. The number of nitriles is 1. The van der Waals surface area contributed by atoms with Crippen molar-refractivity contribution >= 4 is 22.3 Å². The van der Waals surface area contributed by atoms with Crippen LogP contribution in [0.2, 0.25) is 0 Å². The van der Waals surface area contributed by atoms with Crippen molar-refractivity contribution in [3.63, 3.8) is 0 Å². The Morgan fingerprint density at radius 3 is 2.22 bits per heavy atom. The largest absolute Gasteiger partial charge is 0.493 e. The number of nitrogens with zero attached hydrogens (tertiary/aromatic N) is 3. The number of hydrogen-bond donors (Lipinski definition) is 1. The first-order valence-corrected chi connectivity index (χ1v) is 12.4. The van der Waals surface area contributed by atoms with E-state index in [1.807, 2.05) is 12.1 Å². The number of likely N-dealkylation sites (tertiary alicyclic amines) is 1. The lowest BCUT2D eigenvalue weighted by Gasteiger charge is -2.26. The molecule has 1 aliphatic heterocycles. The van der Waals surface area contributed by atoms with Crippen molar-refractivity contribution in [1.82, 2.24) is 9.88 Å². The van der Waals surface area contributed by atoms with Crippen LogP contribution in [0.5, 0.6) is 28.7 Å². The Bertz CT molecular complexity index is 1240. The molecule has 37 heavy (non-hydrogen) atoms. The van der Waals surface area contributed by atoms with Crippen molar-refractivity contribution < 1.29 is 23.7 Å². The summed E-state index contributed by atoms with van der Waals surface area (Å²) in [6.07, 6.45) is 6.38. The van der Waals surface area contributed by atoms with E-state index in [0.717, 1.165) is 18.4 Å². The molecule has 0 saturated carbocycles. The molecule has 4 rings (SSSR count). The van der Waals surface area contributed by atoms with E-state index in [4.69, 9.17) is 23.7 Å². The molecule has 0 atom stereocenters. The average Bonchev–Trinajstić information content (AvgIpc) is 2.95. The Morgan fingerprint density at radius 2 is 1.59 bits per heavy atom.